The van der Waals surface area contributed by atoms with Crippen LogP contribution in [0.15, 0.2) is 24.5 Å². The standard InChI is InChI=1S/C16H20N4O/c1-10(2)21-16-14(17)15(18-9-19-16)20-13-7-6-11-4-3-5-12(11)8-13/h6-10H,3-5,17H2,1-2H3,(H,18,19,20). The lowest BCUT2D eigenvalue weighted by atomic mass is 10.1. The highest BCUT2D eigenvalue weighted by Crippen LogP contribution is 2.30. The normalized spacial score (nSPS) is 13.3. The van der Waals surface area contributed by atoms with Crippen LogP contribution in [0.25, 0.3) is 0 Å². The van der Waals surface area contributed by atoms with Crippen molar-refractivity contribution in [2.45, 2.75) is 39.2 Å². The summed E-state index contributed by atoms with van der Waals surface area (Å²) in [5.41, 5.74) is 10.4. The first-order valence-electron chi connectivity index (χ1n) is 7.29. The predicted octanol–water partition coefficient (Wildman–Crippen LogP) is 3.08. The molecule has 1 aromatic carbocycles. The Kier molecular flexibility index (Phi) is 3.64. The quantitative estimate of drug-likeness (QED) is 0.902. The molecule has 5 nitrogen and oxygen atoms in total. The molecular formula is C16H20N4O. The van der Waals surface area contributed by atoms with Crippen molar-refractivity contribution in [1.82, 2.24) is 9.97 Å². The fraction of sp³-hybridized carbons (Fsp3) is 0.375. The Morgan fingerprint density at radius 2 is 2.00 bits per heavy atom. The second-order valence-corrected chi connectivity index (χ2v) is 5.57. The maximum atomic E-state index is 6.08. The van der Waals surface area contributed by atoms with Crippen molar-refractivity contribution >= 4 is 17.2 Å². The van der Waals surface area contributed by atoms with Gasteiger partial charge in [-0.25, -0.2) is 4.98 Å². The zero-order valence-corrected chi connectivity index (χ0v) is 12.4. The average Bonchev–Trinajstić information content (AvgIpc) is 2.90. The topological polar surface area (TPSA) is 73.1 Å². The number of rotatable bonds is 4. The van der Waals surface area contributed by atoms with E-state index in [-0.39, 0.29) is 6.10 Å². The highest BCUT2D eigenvalue weighted by molar-refractivity contribution is 5.72. The molecule has 0 aliphatic heterocycles. The third kappa shape index (κ3) is 2.91. The van der Waals surface area contributed by atoms with Crippen LogP contribution in [-0.4, -0.2) is 16.1 Å². The summed E-state index contributed by atoms with van der Waals surface area (Å²) < 4.78 is 5.58. The number of nitrogens with one attached hydrogen (secondary N) is 1. The van der Waals surface area contributed by atoms with Gasteiger partial charge in [0.05, 0.1) is 6.10 Å². The summed E-state index contributed by atoms with van der Waals surface area (Å²) in [5, 5.41) is 3.26. The molecule has 0 saturated carbocycles. The minimum atomic E-state index is 0.0232. The predicted molar refractivity (Wildman–Crippen MR) is 84.0 cm³/mol. The molecule has 0 unspecified atom stereocenters. The average molecular weight is 284 g/mol. The van der Waals surface area contributed by atoms with Gasteiger partial charge in [-0.3, -0.25) is 0 Å². The van der Waals surface area contributed by atoms with E-state index in [1.807, 2.05) is 13.8 Å². The van der Waals surface area contributed by atoms with Crippen LogP contribution in [0, 0.1) is 0 Å². The molecule has 1 aromatic heterocycles. The number of hydrogen-bond donors (Lipinski definition) is 2. The highest BCUT2D eigenvalue weighted by Gasteiger charge is 2.13. The van der Waals surface area contributed by atoms with E-state index in [4.69, 9.17) is 10.5 Å². The molecule has 3 rings (SSSR count). The third-order valence-electron chi connectivity index (χ3n) is 3.56. The summed E-state index contributed by atoms with van der Waals surface area (Å²) in [7, 11) is 0. The molecule has 110 valence electrons. The molecule has 0 bridgehead atoms. The van der Waals surface area contributed by atoms with E-state index < -0.39 is 0 Å². The number of benzene rings is 1. The Labute approximate surface area is 124 Å². The van der Waals surface area contributed by atoms with Crippen LogP contribution in [0.5, 0.6) is 5.88 Å². The van der Waals surface area contributed by atoms with Gasteiger partial charge in [-0.1, -0.05) is 6.07 Å². The maximum Gasteiger partial charge on any atom is 0.242 e. The lowest BCUT2D eigenvalue weighted by Gasteiger charge is -2.14. The Balaban J connectivity index is 1.84. The van der Waals surface area contributed by atoms with Crippen molar-refractivity contribution in [1.29, 1.82) is 0 Å². The third-order valence-corrected chi connectivity index (χ3v) is 3.56. The Bertz CT molecular complexity index is 655. The van der Waals surface area contributed by atoms with E-state index in [0.29, 0.717) is 17.4 Å². The molecule has 0 atom stereocenters. The molecule has 5 heteroatoms. The summed E-state index contributed by atoms with van der Waals surface area (Å²) in [6.45, 7) is 3.88. The van der Waals surface area contributed by atoms with Crippen molar-refractivity contribution in [2.24, 2.45) is 0 Å². The van der Waals surface area contributed by atoms with E-state index >= 15 is 0 Å². The molecule has 21 heavy (non-hydrogen) atoms. The second kappa shape index (κ2) is 5.60. The number of nitrogens with zero attached hydrogens (tertiary/aromatic N) is 2. The van der Waals surface area contributed by atoms with Gasteiger partial charge in [0, 0.05) is 5.69 Å². The highest BCUT2D eigenvalue weighted by atomic mass is 16.5. The van der Waals surface area contributed by atoms with Crippen molar-refractivity contribution in [2.75, 3.05) is 11.1 Å². The van der Waals surface area contributed by atoms with E-state index in [0.717, 1.165) is 12.1 Å². The number of aryl methyl sites for hydroxylation is 2. The summed E-state index contributed by atoms with van der Waals surface area (Å²) >= 11 is 0. The van der Waals surface area contributed by atoms with Gasteiger partial charge in [-0.15, -0.1) is 0 Å². The molecule has 0 fully saturated rings. The van der Waals surface area contributed by atoms with Crippen molar-refractivity contribution in [3.63, 3.8) is 0 Å². The lowest BCUT2D eigenvalue weighted by Crippen LogP contribution is -2.10. The van der Waals surface area contributed by atoms with Crippen molar-refractivity contribution in [3.8, 4) is 5.88 Å². The molecule has 1 aliphatic carbocycles. The Morgan fingerprint density at radius 1 is 1.19 bits per heavy atom. The molecular weight excluding hydrogens is 264 g/mol. The van der Waals surface area contributed by atoms with Gasteiger partial charge in [-0.05, 0) is 56.4 Å². The number of hydrogen-bond acceptors (Lipinski definition) is 5. The van der Waals surface area contributed by atoms with E-state index in [1.165, 1.54) is 30.3 Å². The number of fused-ring (bicyclic) bond motifs is 1. The minimum absolute atomic E-state index is 0.0232. The smallest absolute Gasteiger partial charge is 0.242 e. The fourth-order valence-corrected chi connectivity index (χ4v) is 2.58. The lowest BCUT2D eigenvalue weighted by molar-refractivity contribution is 0.234. The summed E-state index contributed by atoms with van der Waals surface area (Å²) in [5.74, 6) is 1.00. The van der Waals surface area contributed by atoms with E-state index in [9.17, 15) is 0 Å². The number of nitrogens with two attached hydrogens (primary N) is 1. The van der Waals surface area contributed by atoms with Crippen molar-refractivity contribution < 1.29 is 4.74 Å². The molecule has 1 aliphatic rings. The number of nitrogen functional groups attached to an aromatic ring is 1. The molecule has 0 spiro atoms. The Hall–Kier alpha value is -2.30. The Morgan fingerprint density at radius 3 is 2.81 bits per heavy atom. The molecule has 1 heterocycles. The van der Waals surface area contributed by atoms with Gasteiger partial charge in [0.25, 0.3) is 0 Å². The number of aromatic nitrogens is 2. The first-order chi connectivity index (χ1) is 10.1. The first-order valence-corrected chi connectivity index (χ1v) is 7.29. The van der Waals surface area contributed by atoms with Gasteiger partial charge in [0.2, 0.25) is 5.88 Å². The van der Waals surface area contributed by atoms with Crippen LogP contribution in [0.4, 0.5) is 17.2 Å². The molecule has 0 saturated heterocycles. The molecule has 2 aromatic rings. The molecule has 3 N–H and O–H groups in total. The summed E-state index contributed by atoms with van der Waals surface area (Å²) in [6.07, 6.45) is 5.05. The molecule has 0 radical (unpaired) electrons. The zero-order valence-electron chi connectivity index (χ0n) is 12.4. The van der Waals surface area contributed by atoms with Gasteiger partial charge in [0.1, 0.15) is 12.0 Å². The first kappa shape index (κ1) is 13.7. The van der Waals surface area contributed by atoms with Crippen LogP contribution < -0.4 is 15.8 Å². The van der Waals surface area contributed by atoms with Gasteiger partial charge in [0.15, 0.2) is 5.82 Å². The molecule has 0 amide bonds. The number of anilines is 3. The van der Waals surface area contributed by atoms with Gasteiger partial charge >= 0.3 is 0 Å². The van der Waals surface area contributed by atoms with Crippen LogP contribution in [0.3, 0.4) is 0 Å². The van der Waals surface area contributed by atoms with Crippen LogP contribution in [-0.2, 0) is 12.8 Å². The summed E-state index contributed by atoms with van der Waals surface area (Å²) in [4.78, 5) is 8.29. The van der Waals surface area contributed by atoms with Crippen LogP contribution >= 0.6 is 0 Å². The maximum absolute atomic E-state index is 6.08. The van der Waals surface area contributed by atoms with Gasteiger partial charge < -0.3 is 15.8 Å². The fourth-order valence-electron chi connectivity index (χ4n) is 2.58. The van der Waals surface area contributed by atoms with E-state index in [1.54, 1.807) is 0 Å². The largest absolute Gasteiger partial charge is 0.473 e. The monoisotopic (exact) mass is 284 g/mol. The van der Waals surface area contributed by atoms with Crippen molar-refractivity contribution in [3.05, 3.63) is 35.7 Å². The van der Waals surface area contributed by atoms with E-state index in [2.05, 4.69) is 33.5 Å². The van der Waals surface area contributed by atoms with Crippen LogP contribution in [0.1, 0.15) is 31.4 Å². The zero-order chi connectivity index (χ0) is 14.8. The second-order valence-electron chi connectivity index (χ2n) is 5.57. The van der Waals surface area contributed by atoms with Crippen LogP contribution in [0.2, 0.25) is 0 Å². The number of ether oxygens (including phenoxy) is 1. The minimum Gasteiger partial charge on any atom is -0.473 e. The van der Waals surface area contributed by atoms with Gasteiger partial charge in [-0.2, -0.15) is 4.98 Å². The SMILES string of the molecule is CC(C)Oc1ncnc(Nc2ccc3c(c2)CCC3)c1N. The summed E-state index contributed by atoms with van der Waals surface area (Å²) in [6, 6.07) is 6.41.